The minimum absolute atomic E-state index is 0. The minimum atomic E-state index is -3.40. The van der Waals surface area contributed by atoms with Crippen LogP contribution in [0.15, 0.2) is 34.1 Å². The van der Waals surface area contributed by atoms with Crippen LogP contribution >= 0.6 is 24.2 Å². The van der Waals surface area contributed by atoms with Crippen LogP contribution < -0.4 is 10.5 Å². The highest BCUT2D eigenvalue weighted by Gasteiger charge is 2.12. The summed E-state index contributed by atoms with van der Waals surface area (Å²) in [6.45, 7) is 0.549. The summed E-state index contributed by atoms with van der Waals surface area (Å²) in [6, 6.07) is 6.80. The number of thioether (sulfide) groups is 1. The summed E-state index contributed by atoms with van der Waals surface area (Å²) in [5, 5.41) is 0. The van der Waals surface area contributed by atoms with Gasteiger partial charge in [0.2, 0.25) is 10.0 Å². The maximum atomic E-state index is 11.7. The number of rotatable bonds is 5. The number of benzene rings is 1. The summed E-state index contributed by atoms with van der Waals surface area (Å²) in [6.07, 6.45) is 1.90. The molecule has 7 heteroatoms. The van der Waals surface area contributed by atoms with Crippen LogP contribution in [0.2, 0.25) is 0 Å². The van der Waals surface area contributed by atoms with Gasteiger partial charge in [0.1, 0.15) is 0 Å². The van der Waals surface area contributed by atoms with E-state index in [4.69, 9.17) is 5.73 Å². The first kappa shape index (κ1) is 15.7. The summed E-state index contributed by atoms with van der Waals surface area (Å²) in [5.41, 5.74) is 5.24. The van der Waals surface area contributed by atoms with Crippen LogP contribution in [0.5, 0.6) is 0 Å². The molecule has 1 aromatic carbocycles. The number of nitrogens with one attached hydrogen (secondary N) is 1. The Balaban J connectivity index is 0.00000225. The van der Waals surface area contributed by atoms with Crippen molar-refractivity contribution in [2.45, 2.75) is 9.79 Å². The molecule has 3 N–H and O–H groups in total. The monoisotopic (exact) mass is 282 g/mol. The van der Waals surface area contributed by atoms with E-state index in [1.807, 2.05) is 12.3 Å². The van der Waals surface area contributed by atoms with Crippen LogP contribution in [0.1, 0.15) is 0 Å². The van der Waals surface area contributed by atoms with E-state index in [2.05, 4.69) is 4.72 Å². The number of nitrogens with two attached hydrogens (primary N) is 1. The van der Waals surface area contributed by atoms with Crippen molar-refractivity contribution in [3.8, 4) is 0 Å². The lowest BCUT2D eigenvalue weighted by atomic mass is 10.4. The van der Waals surface area contributed by atoms with Gasteiger partial charge in [-0.15, -0.1) is 24.2 Å². The van der Waals surface area contributed by atoms with Crippen LogP contribution in [-0.2, 0) is 10.0 Å². The zero-order chi connectivity index (χ0) is 11.3. The highest BCUT2D eigenvalue weighted by Crippen LogP contribution is 2.18. The fourth-order valence-corrected chi connectivity index (χ4v) is 2.67. The van der Waals surface area contributed by atoms with Crippen molar-refractivity contribution in [3.05, 3.63) is 24.3 Å². The molecule has 0 saturated carbocycles. The maximum absolute atomic E-state index is 11.7. The third-order valence-corrected chi connectivity index (χ3v) is 3.97. The Morgan fingerprint density at radius 3 is 2.69 bits per heavy atom. The molecular formula is C9H15ClN2O2S2. The molecule has 92 valence electrons. The molecule has 0 atom stereocenters. The average molecular weight is 283 g/mol. The molecule has 4 nitrogen and oxygen atoms in total. The number of hydrogen-bond acceptors (Lipinski definition) is 4. The largest absolute Gasteiger partial charge is 0.329 e. The molecule has 1 rings (SSSR count). The van der Waals surface area contributed by atoms with E-state index < -0.39 is 10.0 Å². The molecule has 16 heavy (non-hydrogen) atoms. The lowest BCUT2D eigenvalue weighted by Crippen LogP contribution is -2.29. The van der Waals surface area contributed by atoms with Crippen molar-refractivity contribution >= 4 is 34.2 Å². The second-order valence-electron chi connectivity index (χ2n) is 2.87. The topological polar surface area (TPSA) is 72.2 Å². The molecule has 0 aliphatic carbocycles. The van der Waals surface area contributed by atoms with E-state index >= 15 is 0 Å². The molecule has 0 heterocycles. The number of halogens is 1. The number of hydrogen-bond donors (Lipinski definition) is 2. The molecular weight excluding hydrogens is 268 g/mol. The van der Waals surface area contributed by atoms with Crippen LogP contribution in [0.25, 0.3) is 0 Å². The summed E-state index contributed by atoms with van der Waals surface area (Å²) in [4.78, 5) is 1.20. The fourth-order valence-electron chi connectivity index (χ4n) is 1.04. The van der Waals surface area contributed by atoms with Crippen LogP contribution in [0.3, 0.4) is 0 Å². The first-order valence-corrected chi connectivity index (χ1v) is 7.15. The Labute approximate surface area is 106 Å². The normalized spacial score (nSPS) is 10.9. The molecule has 0 radical (unpaired) electrons. The van der Waals surface area contributed by atoms with Gasteiger partial charge in [-0.05, 0) is 24.5 Å². The predicted octanol–water partition coefficient (Wildman–Crippen LogP) is 1.07. The van der Waals surface area contributed by atoms with E-state index in [1.54, 1.807) is 18.2 Å². The molecule has 0 fully saturated rings. The number of sulfonamides is 1. The molecule has 0 aliphatic heterocycles. The minimum Gasteiger partial charge on any atom is -0.329 e. The highest BCUT2D eigenvalue weighted by atomic mass is 35.5. The predicted molar refractivity (Wildman–Crippen MR) is 69.7 cm³/mol. The molecule has 0 bridgehead atoms. The van der Waals surface area contributed by atoms with Gasteiger partial charge in [-0.25, -0.2) is 13.1 Å². The van der Waals surface area contributed by atoms with Gasteiger partial charge >= 0.3 is 0 Å². The quantitative estimate of drug-likeness (QED) is 0.793. The average Bonchev–Trinajstić information content (AvgIpc) is 2.26. The molecule has 0 spiro atoms. The van der Waals surface area contributed by atoms with Gasteiger partial charge < -0.3 is 5.73 Å². The van der Waals surface area contributed by atoms with Crippen molar-refractivity contribution in [3.63, 3.8) is 0 Å². The third kappa shape index (κ3) is 4.31. The van der Waals surface area contributed by atoms with Crippen LogP contribution in [0.4, 0.5) is 0 Å². The van der Waals surface area contributed by atoms with Gasteiger partial charge in [0.05, 0.1) is 4.90 Å². The molecule has 1 aromatic rings. The van der Waals surface area contributed by atoms with E-state index in [9.17, 15) is 8.42 Å². The second-order valence-corrected chi connectivity index (χ2v) is 5.51. The Bertz CT molecular complexity index is 423. The summed E-state index contributed by atoms with van der Waals surface area (Å²) in [5.74, 6) is 0. The van der Waals surface area contributed by atoms with Crippen molar-refractivity contribution in [1.29, 1.82) is 0 Å². The van der Waals surface area contributed by atoms with Gasteiger partial charge in [-0.1, -0.05) is 6.07 Å². The van der Waals surface area contributed by atoms with Crippen molar-refractivity contribution in [2.75, 3.05) is 19.3 Å². The zero-order valence-electron chi connectivity index (χ0n) is 8.84. The maximum Gasteiger partial charge on any atom is 0.240 e. The van der Waals surface area contributed by atoms with Crippen molar-refractivity contribution in [1.82, 2.24) is 4.72 Å². The Hall–Kier alpha value is -0.270. The van der Waals surface area contributed by atoms with Gasteiger partial charge in [-0.3, -0.25) is 0 Å². The fraction of sp³-hybridized carbons (Fsp3) is 0.333. The van der Waals surface area contributed by atoms with Gasteiger partial charge in [0.15, 0.2) is 0 Å². The van der Waals surface area contributed by atoms with Gasteiger partial charge in [0.25, 0.3) is 0 Å². The van der Waals surface area contributed by atoms with Gasteiger partial charge in [0, 0.05) is 18.0 Å². The van der Waals surface area contributed by atoms with E-state index in [0.29, 0.717) is 6.54 Å². The summed E-state index contributed by atoms with van der Waals surface area (Å²) in [7, 11) is -3.40. The first-order chi connectivity index (χ1) is 7.10. The van der Waals surface area contributed by atoms with Crippen LogP contribution in [0, 0.1) is 0 Å². The summed E-state index contributed by atoms with van der Waals surface area (Å²) >= 11 is 1.51. The Morgan fingerprint density at radius 2 is 2.12 bits per heavy atom. The lowest BCUT2D eigenvalue weighted by molar-refractivity contribution is 0.582. The molecule has 0 aliphatic rings. The Kier molecular flexibility index (Phi) is 7.01. The van der Waals surface area contributed by atoms with E-state index in [0.717, 1.165) is 4.90 Å². The van der Waals surface area contributed by atoms with E-state index in [1.165, 1.54) is 11.8 Å². The second kappa shape index (κ2) is 7.13. The SMILES string of the molecule is CSc1cccc(S(=O)(=O)NCCN)c1.Cl. The Morgan fingerprint density at radius 1 is 1.44 bits per heavy atom. The molecule has 0 aromatic heterocycles. The zero-order valence-corrected chi connectivity index (χ0v) is 11.3. The van der Waals surface area contributed by atoms with Crippen molar-refractivity contribution < 1.29 is 8.42 Å². The van der Waals surface area contributed by atoms with Gasteiger partial charge in [-0.2, -0.15) is 0 Å². The molecule has 0 saturated heterocycles. The molecule has 0 amide bonds. The van der Waals surface area contributed by atoms with Crippen LogP contribution in [-0.4, -0.2) is 27.8 Å². The van der Waals surface area contributed by atoms with Crippen molar-refractivity contribution in [2.24, 2.45) is 5.73 Å². The summed E-state index contributed by atoms with van der Waals surface area (Å²) < 4.78 is 25.8. The lowest BCUT2D eigenvalue weighted by Gasteiger charge is -2.06. The smallest absolute Gasteiger partial charge is 0.240 e. The van der Waals surface area contributed by atoms with E-state index in [-0.39, 0.29) is 23.8 Å². The standard InChI is InChI=1S/C9H14N2O2S2.ClH/c1-14-8-3-2-4-9(7-8)15(12,13)11-6-5-10;/h2-4,7,11H,5-6,10H2,1H3;1H. The highest BCUT2D eigenvalue weighted by molar-refractivity contribution is 7.98. The first-order valence-electron chi connectivity index (χ1n) is 4.44. The molecule has 0 unspecified atom stereocenters. The third-order valence-electron chi connectivity index (χ3n) is 1.79.